The maximum atomic E-state index is 12.0. The van der Waals surface area contributed by atoms with Crippen molar-refractivity contribution in [2.75, 3.05) is 18.6 Å². The van der Waals surface area contributed by atoms with E-state index in [1.54, 1.807) is 7.11 Å². The van der Waals surface area contributed by atoms with Gasteiger partial charge in [-0.3, -0.25) is 4.79 Å². The van der Waals surface area contributed by atoms with Crippen LogP contribution >= 0.6 is 0 Å². The first-order valence-corrected chi connectivity index (χ1v) is 6.33. The molecule has 0 spiro atoms. The molecule has 1 amide bonds. The van der Waals surface area contributed by atoms with E-state index < -0.39 is 0 Å². The summed E-state index contributed by atoms with van der Waals surface area (Å²) >= 11 is 0. The molecule has 18 heavy (non-hydrogen) atoms. The molecule has 1 atom stereocenters. The first kappa shape index (κ1) is 12.9. The predicted octanol–water partition coefficient (Wildman–Crippen LogP) is 1.79. The molecule has 1 aromatic rings. The van der Waals surface area contributed by atoms with Gasteiger partial charge in [0.05, 0.1) is 13.7 Å². The number of anilines is 1. The number of amides is 1. The number of ether oxygens (including phenoxy) is 1. The van der Waals surface area contributed by atoms with Crippen LogP contribution in [0.4, 0.5) is 5.69 Å². The molecule has 2 N–H and O–H groups in total. The van der Waals surface area contributed by atoms with Crippen molar-refractivity contribution in [2.24, 2.45) is 11.7 Å². The number of carbonyl (C=O) groups excluding carboxylic acids is 1. The summed E-state index contributed by atoms with van der Waals surface area (Å²) in [5.41, 5.74) is 6.40. The van der Waals surface area contributed by atoms with Crippen molar-refractivity contribution in [2.45, 2.75) is 25.8 Å². The molecular formula is C14H20N2O2. The van der Waals surface area contributed by atoms with Gasteiger partial charge in [0, 0.05) is 11.7 Å². The molecule has 0 bridgehead atoms. The third kappa shape index (κ3) is 2.64. The van der Waals surface area contributed by atoms with Crippen LogP contribution in [-0.4, -0.2) is 25.6 Å². The van der Waals surface area contributed by atoms with Crippen molar-refractivity contribution in [3.05, 3.63) is 24.3 Å². The SMILES string of the molecule is COc1ccc(N(C(=O)CN)C(C)C2CC2)cc1. The van der Waals surface area contributed by atoms with E-state index in [1.807, 2.05) is 29.2 Å². The second-order valence-corrected chi connectivity index (χ2v) is 4.74. The third-order valence-electron chi connectivity index (χ3n) is 3.51. The topological polar surface area (TPSA) is 55.6 Å². The summed E-state index contributed by atoms with van der Waals surface area (Å²) in [5, 5.41) is 0. The second-order valence-electron chi connectivity index (χ2n) is 4.74. The number of hydrogen-bond donors (Lipinski definition) is 1. The monoisotopic (exact) mass is 248 g/mol. The standard InChI is InChI=1S/C14H20N2O2/c1-10(11-3-4-11)16(14(17)9-15)12-5-7-13(18-2)8-6-12/h5-8,10-11H,3-4,9,15H2,1-2H3. The molecule has 0 saturated heterocycles. The molecule has 1 saturated carbocycles. The number of methoxy groups -OCH3 is 1. The Balaban J connectivity index is 2.23. The summed E-state index contributed by atoms with van der Waals surface area (Å²) in [6.45, 7) is 2.14. The van der Waals surface area contributed by atoms with Gasteiger partial charge in [-0.1, -0.05) is 0 Å². The quantitative estimate of drug-likeness (QED) is 0.864. The first-order valence-electron chi connectivity index (χ1n) is 6.33. The van der Waals surface area contributed by atoms with Gasteiger partial charge >= 0.3 is 0 Å². The van der Waals surface area contributed by atoms with Crippen molar-refractivity contribution in [3.8, 4) is 5.75 Å². The molecule has 2 rings (SSSR count). The third-order valence-corrected chi connectivity index (χ3v) is 3.51. The summed E-state index contributed by atoms with van der Waals surface area (Å²) in [6.07, 6.45) is 2.40. The zero-order chi connectivity index (χ0) is 13.1. The fourth-order valence-corrected chi connectivity index (χ4v) is 2.24. The van der Waals surface area contributed by atoms with Crippen molar-refractivity contribution in [1.82, 2.24) is 0 Å². The highest BCUT2D eigenvalue weighted by Crippen LogP contribution is 2.37. The Morgan fingerprint density at radius 1 is 1.44 bits per heavy atom. The minimum Gasteiger partial charge on any atom is -0.497 e. The zero-order valence-corrected chi connectivity index (χ0v) is 10.9. The highest BCUT2D eigenvalue weighted by molar-refractivity contribution is 5.95. The lowest BCUT2D eigenvalue weighted by Gasteiger charge is -2.29. The fraction of sp³-hybridized carbons (Fsp3) is 0.500. The van der Waals surface area contributed by atoms with Crippen LogP contribution in [-0.2, 0) is 4.79 Å². The Labute approximate surface area is 108 Å². The van der Waals surface area contributed by atoms with E-state index in [0.29, 0.717) is 5.92 Å². The summed E-state index contributed by atoms with van der Waals surface area (Å²) < 4.78 is 5.13. The van der Waals surface area contributed by atoms with Crippen molar-refractivity contribution < 1.29 is 9.53 Å². The predicted molar refractivity (Wildman–Crippen MR) is 71.7 cm³/mol. The van der Waals surface area contributed by atoms with Gasteiger partial charge in [-0.15, -0.1) is 0 Å². The average Bonchev–Trinajstić information content (AvgIpc) is 3.23. The lowest BCUT2D eigenvalue weighted by atomic mass is 10.1. The molecule has 4 heteroatoms. The molecule has 1 unspecified atom stereocenters. The van der Waals surface area contributed by atoms with E-state index in [4.69, 9.17) is 10.5 Å². The van der Waals surface area contributed by atoms with E-state index in [-0.39, 0.29) is 18.5 Å². The van der Waals surface area contributed by atoms with Gasteiger partial charge in [-0.25, -0.2) is 0 Å². The maximum absolute atomic E-state index is 12.0. The Hall–Kier alpha value is -1.55. The summed E-state index contributed by atoms with van der Waals surface area (Å²) in [5.74, 6) is 1.38. The van der Waals surface area contributed by atoms with Crippen LogP contribution in [0.15, 0.2) is 24.3 Å². The van der Waals surface area contributed by atoms with E-state index in [2.05, 4.69) is 6.92 Å². The van der Waals surface area contributed by atoms with E-state index in [1.165, 1.54) is 12.8 Å². The molecule has 1 aliphatic rings. The summed E-state index contributed by atoms with van der Waals surface area (Å²) in [4.78, 5) is 13.8. The van der Waals surface area contributed by atoms with Crippen LogP contribution in [0.5, 0.6) is 5.75 Å². The Morgan fingerprint density at radius 2 is 2.06 bits per heavy atom. The molecular weight excluding hydrogens is 228 g/mol. The Bertz CT molecular complexity index is 412. The van der Waals surface area contributed by atoms with Crippen LogP contribution in [0.3, 0.4) is 0 Å². The first-order chi connectivity index (χ1) is 8.67. The van der Waals surface area contributed by atoms with Gasteiger partial charge in [0.25, 0.3) is 0 Å². The van der Waals surface area contributed by atoms with Crippen molar-refractivity contribution >= 4 is 11.6 Å². The van der Waals surface area contributed by atoms with Gasteiger partial charge in [0.2, 0.25) is 5.91 Å². The normalized spacial score (nSPS) is 16.2. The summed E-state index contributed by atoms with van der Waals surface area (Å²) in [7, 11) is 1.63. The lowest BCUT2D eigenvalue weighted by molar-refractivity contribution is -0.117. The van der Waals surface area contributed by atoms with Crippen LogP contribution in [0.25, 0.3) is 0 Å². The number of rotatable bonds is 5. The Kier molecular flexibility index (Phi) is 3.87. The van der Waals surface area contributed by atoms with Crippen LogP contribution in [0, 0.1) is 5.92 Å². The number of carbonyl (C=O) groups is 1. The van der Waals surface area contributed by atoms with Crippen LogP contribution in [0.2, 0.25) is 0 Å². The smallest absolute Gasteiger partial charge is 0.240 e. The molecule has 1 fully saturated rings. The van der Waals surface area contributed by atoms with Crippen molar-refractivity contribution in [3.63, 3.8) is 0 Å². The number of hydrogen-bond acceptors (Lipinski definition) is 3. The summed E-state index contributed by atoms with van der Waals surface area (Å²) in [6, 6.07) is 7.77. The molecule has 0 heterocycles. The van der Waals surface area contributed by atoms with E-state index in [0.717, 1.165) is 11.4 Å². The van der Waals surface area contributed by atoms with Crippen LogP contribution < -0.4 is 15.4 Å². The highest BCUT2D eigenvalue weighted by atomic mass is 16.5. The molecule has 0 radical (unpaired) electrons. The molecule has 4 nitrogen and oxygen atoms in total. The van der Waals surface area contributed by atoms with Gasteiger partial charge in [0.15, 0.2) is 0 Å². The largest absolute Gasteiger partial charge is 0.497 e. The second kappa shape index (κ2) is 5.40. The number of nitrogens with two attached hydrogens (primary N) is 1. The molecule has 98 valence electrons. The lowest BCUT2D eigenvalue weighted by Crippen LogP contribution is -2.43. The van der Waals surface area contributed by atoms with E-state index >= 15 is 0 Å². The van der Waals surface area contributed by atoms with E-state index in [9.17, 15) is 4.79 Å². The minimum absolute atomic E-state index is 0.0282. The van der Waals surface area contributed by atoms with Gasteiger partial charge in [-0.2, -0.15) is 0 Å². The van der Waals surface area contributed by atoms with Gasteiger partial charge in [-0.05, 0) is 49.9 Å². The molecule has 0 aliphatic heterocycles. The number of benzene rings is 1. The number of nitrogens with zero attached hydrogens (tertiary/aromatic N) is 1. The molecule has 1 aromatic carbocycles. The zero-order valence-electron chi connectivity index (χ0n) is 10.9. The fourth-order valence-electron chi connectivity index (χ4n) is 2.24. The average molecular weight is 248 g/mol. The Morgan fingerprint density at radius 3 is 2.50 bits per heavy atom. The maximum Gasteiger partial charge on any atom is 0.240 e. The van der Waals surface area contributed by atoms with Gasteiger partial charge in [0.1, 0.15) is 5.75 Å². The van der Waals surface area contributed by atoms with Crippen LogP contribution in [0.1, 0.15) is 19.8 Å². The minimum atomic E-state index is -0.0282. The van der Waals surface area contributed by atoms with Gasteiger partial charge < -0.3 is 15.4 Å². The molecule has 1 aliphatic carbocycles. The highest BCUT2D eigenvalue weighted by Gasteiger charge is 2.34. The molecule has 0 aromatic heterocycles. The van der Waals surface area contributed by atoms with Crippen molar-refractivity contribution in [1.29, 1.82) is 0 Å².